The first-order chi connectivity index (χ1) is 11.0. The molecule has 1 atom stereocenters. The number of nitrogens with zero attached hydrogens (tertiary/aromatic N) is 1. The summed E-state index contributed by atoms with van der Waals surface area (Å²) < 4.78 is 27.1. The molecule has 118 valence electrons. The molecule has 2 aromatic carbocycles. The first-order valence-electron chi connectivity index (χ1n) is 6.98. The quantitative estimate of drug-likeness (QED) is 0.857. The van der Waals surface area contributed by atoms with E-state index >= 15 is 0 Å². The lowest BCUT2D eigenvalue weighted by molar-refractivity contribution is -0.120. The van der Waals surface area contributed by atoms with Crippen molar-refractivity contribution in [1.82, 2.24) is 5.32 Å². The molecule has 0 radical (unpaired) electrons. The van der Waals surface area contributed by atoms with Crippen LogP contribution in [0.4, 0.5) is 8.78 Å². The Hall–Kier alpha value is -2.78. The van der Waals surface area contributed by atoms with Crippen molar-refractivity contribution in [1.29, 1.82) is 5.26 Å². The summed E-state index contributed by atoms with van der Waals surface area (Å²) >= 11 is 0. The lowest BCUT2D eigenvalue weighted by Gasteiger charge is -2.16. The molecule has 0 saturated carbocycles. The van der Waals surface area contributed by atoms with E-state index in [0.717, 1.165) is 0 Å². The number of hydrogen-bond acceptors (Lipinski definition) is 3. The lowest BCUT2D eigenvalue weighted by Crippen LogP contribution is -2.35. The maximum Gasteiger partial charge on any atom is 0.239 e. The van der Waals surface area contributed by atoms with Crippen LogP contribution in [0.15, 0.2) is 42.5 Å². The van der Waals surface area contributed by atoms with E-state index in [1.165, 1.54) is 18.2 Å². The number of carbonyl (C=O) groups excluding carboxylic acids is 1. The van der Waals surface area contributed by atoms with Gasteiger partial charge in [0.1, 0.15) is 17.7 Å². The zero-order valence-corrected chi connectivity index (χ0v) is 12.2. The predicted molar refractivity (Wildman–Crippen MR) is 81.2 cm³/mol. The molecule has 1 amide bonds. The fourth-order valence-electron chi connectivity index (χ4n) is 2.25. The van der Waals surface area contributed by atoms with Crippen molar-refractivity contribution in [3.63, 3.8) is 0 Å². The number of amides is 1. The summed E-state index contributed by atoms with van der Waals surface area (Å²) in [4.78, 5) is 11.6. The first kappa shape index (κ1) is 16.6. The highest BCUT2D eigenvalue weighted by atomic mass is 19.1. The second kappa shape index (κ2) is 7.47. The largest absolute Gasteiger partial charge is 0.368 e. The predicted octanol–water partition coefficient (Wildman–Crippen LogP) is 2.20. The van der Waals surface area contributed by atoms with Crippen LogP contribution >= 0.6 is 0 Å². The Morgan fingerprint density at radius 1 is 1.17 bits per heavy atom. The zero-order chi connectivity index (χ0) is 16.8. The van der Waals surface area contributed by atoms with E-state index in [1.54, 1.807) is 24.3 Å². The Balaban J connectivity index is 2.06. The summed E-state index contributed by atoms with van der Waals surface area (Å²) in [6.45, 7) is 0.172. The van der Waals surface area contributed by atoms with Crippen LogP contribution in [0.25, 0.3) is 0 Å². The molecular formula is C17H15F2N3O. The topological polar surface area (TPSA) is 78.9 Å². The van der Waals surface area contributed by atoms with Crippen molar-refractivity contribution in [3.05, 3.63) is 70.8 Å². The molecule has 6 heteroatoms. The van der Waals surface area contributed by atoms with Crippen LogP contribution in [-0.4, -0.2) is 12.5 Å². The molecule has 0 spiro atoms. The number of rotatable bonds is 6. The Morgan fingerprint density at radius 2 is 1.78 bits per heavy atom. The van der Waals surface area contributed by atoms with E-state index in [0.29, 0.717) is 11.1 Å². The van der Waals surface area contributed by atoms with Crippen molar-refractivity contribution >= 4 is 5.91 Å². The Morgan fingerprint density at radius 3 is 2.30 bits per heavy atom. The summed E-state index contributed by atoms with van der Waals surface area (Å²) in [7, 11) is 0. The minimum atomic E-state index is -0.794. The van der Waals surface area contributed by atoms with Crippen molar-refractivity contribution < 1.29 is 13.6 Å². The van der Waals surface area contributed by atoms with E-state index in [9.17, 15) is 13.6 Å². The average molecular weight is 315 g/mol. The molecule has 4 nitrogen and oxygen atoms in total. The number of hydrogen-bond donors (Lipinski definition) is 2. The van der Waals surface area contributed by atoms with Crippen LogP contribution in [-0.2, 0) is 11.2 Å². The van der Waals surface area contributed by atoms with Crippen molar-refractivity contribution in [2.75, 3.05) is 6.54 Å². The number of benzene rings is 2. The molecule has 0 aliphatic rings. The van der Waals surface area contributed by atoms with Gasteiger partial charge in [0.25, 0.3) is 0 Å². The van der Waals surface area contributed by atoms with Crippen molar-refractivity contribution in [3.8, 4) is 6.07 Å². The van der Waals surface area contributed by atoms with Crippen LogP contribution in [0.2, 0.25) is 0 Å². The molecule has 2 aromatic rings. The van der Waals surface area contributed by atoms with Gasteiger partial charge in [0.15, 0.2) is 0 Å². The molecule has 0 aliphatic heterocycles. The molecule has 1 unspecified atom stereocenters. The van der Waals surface area contributed by atoms with Crippen LogP contribution in [0, 0.1) is 23.0 Å². The fourth-order valence-corrected chi connectivity index (χ4v) is 2.25. The van der Waals surface area contributed by atoms with E-state index < -0.39 is 23.6 Å². The standard InChI is InChI=1S/C17H15F2N3O/c18-14-2-1-3-15(19)13(14)8-9-22-16(17(21)23)12-6-4-11(10-20)5-7-12/h1-7,16,22H,8-9H2,(H2,21,23). The highest BCUT2D eigenvalue weighted by Gasteiger charge is 2.17. The normalized spacial score (nSPS) is 11.7. The molecular weight excluding hydrogens is 300 g/mol. The van der Waals surface area contributed by atoms with E-state index in [1.807, 2.05) is 6.07 Å². The van der Waals surface area contributed by atoms with E-state index in [-0.39, 0.29) is 18.5 Å². The monoisotopic (exact) mass is 315 g/mol. The van der Waals surface area contributed by atoms with Gasteiger partial charge in [-0.3, -0.25) is 4.79 Å². The minimum Gasteiger partial charge on any atom is -0.368 e. The summed E-state index contributed by atoms with van der Waals surface area (Å²) in [6, 6.07) is 11.2. The van der Waals surface area contributed by atoms with Crippen LogP contribution in [0.3, 0.4) is 0 Å². The minimum absolute atomic E-state index is 0.0388. The maximum atomic E-state index is 13.5. The number of nitriles is 1. The second-order valence-electron chi connectivity index (χ2n) is 4.97. The van der Waals surface area contributed by atoms with Gasteiger partial charge in [-0.2, -0.15) is 5.26 Å². The molecule has 3 N–H and O–H groups in total. The summed E-state index contributed by atoms with van der Waals surface area (Å²) in [6.07, 6.45) is 0.0819. The number of nitrogens with one attached hydrogen (secondary N) is 1. The van der Waals surface area contributed by atoms with Crippen molar-refractivity contribution in [2.45, 2.75) is 12.5 Å². The van der Waals surface area contributed by atoms with Crippen LogP contribution < -0.4 is 11.1 Å². The molecule has 0 aromatic heterocycles. The molecule has 0 saturated heterocycles. The number of halogens is 2. The SMILES string of the molecule is N#Cc1ccc(C(NCCc2c(F)cccc2F)C(N)=O)cc1. The van der Waals surface area contributed by atoms with Gasteiger partial charge >= 0.3 is 0 Å². The molecule has 0 aliphatic carbocycles. The summed E-state index contributed by atoms with van der Waals surface area (Å²) in [5, 5.41) is 11.7. The Bertz CT molecular complexity index is 718. The highest BCUT2D eigenvalue weighted by Crippen LogP contribution is 2.15. The summed E-state index contributed by atoms with van der Waals surface area (Å²) in [5.41, 5.74) is 6.38. The van der Waals surface area contributed by atoms with Gasteiger partial charge in [-0.15, -0.1) is 0 Å². The van der Waals surface area contributed by atoms with Gasteiger partial charge in [-0.25, -0.2) is 8.78 Å². The molecule has 0 heterocycles. The second-order valence-corrected chi connectivity index (χ2v) is 4.97. The molecule has 2 rings (SSSR count). The lowest BCUT2D eigenvalue weighted by atomic mass is 10.0. The first-order valence-corrected chi connectivity index (χ1v) is 6.98. The number of carbonyl (C=O) groups is 1. The number of primary amides is 1. The summed E-state index contributed by atoms with van der Waals surface area (Å²) in [5.74, 6) is -1.86. The Kier molecular flexibility index (Phi) is 5.39. The van der Waals surface area contributed by atoms with Gasteiger partial charge in [-0.1, -0.05) is 18.2 Å². The van der Waals surface area contributed by atoms with Crippen molar-refractivity contribution in [2.24, 2.45) is 5.73 Å². The molecule has 0 bridgehead atoms. The van der Waals surface area contributed by atoms with Gasteiger partial charge < -0.3 is 11.1 Å². The van der Waals surface area contributed by atoms with Gasteiger partial charge in [0.2, 0.25) is 5.91 Å². The number of nitrogens with two attached hydrogens (primary N) is 1. The Labute approximate surface area is 132 Å². The third-order valence-corrected chi connectivity index (χ3v) is 3.44. The van der Waals surface area contributed by atoms with Gasteiger partial charge in [0.05, 0.1) is 11.6 Å². The average Bonchev–Trinajstić information content (AvgIpc) is 2.54. The van der Waals surface area contributed by atoms with Crippen LogP contribution in [0.5, 0.6) is 0 Å². The highest BCUT2D eigenvalue weighted by molar-refractivity contribution is 5.81. The molecule has 0 fully saturated rings. The van der Waals surface area contributed by atoms with Crippen LogP contribution in [0.1, 0.15) is 22.7 Å². The van der Waals surface area contributed by atoms with E-state index in [2.05, 4.69) is 5.32 Å². The fraction of sp³-hybridized carbons (Fsp3) is 0.176. The van der Waals surface area contributed by atoms with E-state index in [4.69, 9.17) is 11.0 Å². The molecule has 23 heavy (non-hydrogen) atoms. The van der Waals surface area contributed by atoms with Gasteiger partial charge in [0, 0.05) is 12.1 Å². The third kappa shape index (κ3) is 4.11. The van der Waals surface area contributed by atoms with Gasteiger partial charge in [-0.05, 0) is 36.2 Å². The zero-order valence-electron chi connectivity index (χ0n) is 12.2. The third-order valence-electron chi connectivity index (χ3n) is 3.44. The smallest absolute Gasteiger partial charge is 0.239 e. The maximum absolute atomic E-state index is 13.5.